The standard InChI is InChI=1S/C3H5NO3/c4-3(1-7-3)2(5)6/h1,4H2,(H,5,6). The van der Waals surface area contributed by atoms with Crippen molar-refractivity contribution in [1.82, 2.24) is 0 Å². The van der Waals surface area contributed by atoms with E-state index in [1.807, 2.05) is 0 Å². The largest absolute Gasteiger partial charge is 0.478 e. The second-order valence-corrected chi connectivity index (χ2v) is 1.48. The van der Waals surface area contributed by atoms with Gasteiger partial charge in [-0.25, -0.2) is 4.79 Å². The van der Waals surface area contributed by atoms with Crippen molar-refractivity contribution >= 4 is 5.97 Å². The maximum atomic E-state index is 9.83. The van der Waals surface area contributed by atoms with Crippen molar-refractivity contribution < 1.29 is 14.6 Å². The van der Waals surface area contributed by atoms with Crippen LogP contribution in [0.4, 0.5) is 0 Å². The molecule has 1 atom stereocenters. The van der Waals surface area contributed by atoms with Crippen LogP contribution in [0.5, 0.6) is 0 Å². The molecule has 0 aromatic heterocycles. The number of nitrogens with two attached hydrogens (primary N) is 1. The Balaban J connectivity index is 2.55. The smallest absolute Gasteiger partial charge is 0.353 e. The van der Waals surface area contributed by atoms with Gasteiger partial charge in [0.25, 0.3) is 0 Å². The van der Waals surface area contributed by atoms with Gasteiger partial charge in [-0.05, 0) is 0 Å². The van der Waals surface area contributed by atoms with Crippen LogP contribution in [0.15, 0.2) is 0 Å². The van der Waals surface area contributed by atoms with E-state index in [2.05, 4.69) is 4.74 Å². The summed E-state index contributed by atoms with van der Waals surface area (Å²) in [7, 11) is 0. The number of carbonyl (C=O) groups is 1. The predicted molar refractivity (Wildman–Crippen MR) is 20.5 cm³/mol. The zero-order chi connectivity index (χ0) is 5.49. The van der Waals surface area contributed by atoms with Gasteiger partial charge in [0.05, 0.1) is 0 Å². The van der Waals surface area contributed by atoms with Crippen LogP contribution >= 0.6 is 0 Å². The van der Waals surface area contributed by atoms with Crippen LogP contribution < -0.4 is 5.73 Å². The molecule has 1 saturated heterocycles. The summed E-state index contributed by atoms with van der Waals surface area (Å²) in [5.74, 6) is -1.09. The number of rotatable bonds is 1. The molecule has 1 unspecified atom stereocenters. The lowest BCUT2D eigenvalue weighted by molar-refractivity contribution is -0.142. The maximum absolute atomic E-state index is 9.83. The highest BCUT2D eigenvalue weighted by Gasteiger charge is 2.48. The lowest BCUT2D eigenvalue weighted by atomic mass is 10.4. The van der Waals surface area contributed by atoms with E-state index in [9.17, 15) is 4.79 Å². The fourth-order valence-corrected chi connectivity index (χ4v) is 0.201. The Labute approximate surface area is 39.9 Å². The number of carboxylic acid groups (broad SMARTS) is 1. The van der Waals surface area contributed by atoms with Gasteiger partial charge in [0.1, 0.15) is 6.61 Å². The Kier molecular flexibility index (Phi) is 0.625. The van der Waals surface area contributed by atoms with Crippen LogP contribution in [-0.4, -0.2) is 23.4 Å². The first kappa shape index (κ1) is 4.55. The van der Waals surface area contributed by atoms with Crippen molar-refractivity contribution in [2.45, 2.75) is 5.72 Å². The van der Waals surface area contributed by atoms with Crippen molar-refractivity contribution in [2.75, 3.05) is 6.61 Å². The Morgan fingerprint density at radius 3 is 2.43 bits per heavy atom. The quantitative estimate of drug-likeness (QED) is 0.407. The number of epoxide rings is 1. The summed E-state index contributed by atoms with van der Waals surface area (Å²) in [6.45, 7) is 0.141. The monoisotopic (exact) mass is 103 g/mol. The van der Waals surface area contributed by atoms with E-state index >= 15 is 0 Å². The van der Waals surface area contributed by atoms with E-state index in [4.69, 9.17) is 10.8 Å². The molecule has 0 aliphatic carbocycles. The minimum atomic E-state index is -1.33. The van der Waals surface area contributed by atoms with E-state index in [1.165, 1.54) is 0 Å². The summed E-state index contributed by atoms with van der Waals surface area (Å²) >= 11 is 0. The lowest BCUT2D eigenvalue weighted by Gasteiger charge is -1.91. The van der Waals surface area contributed by atoms with Crippen LogP contribution in [0.3, 0.4) is 0 Å². The SMILES string of the molecule is NC1(C(=O)O)CO1. The Bertz CT molecular complexity index is 107. The molecule has 0 aromatic rings. The summed E-state index contributed by atoms with van der Waals surface area (Å²) in [5, 5.41) is 8.06. The summed E-state index contributed by atoms with van der Waals surface area (Å²) in [6, 6.07) is 0. The van der Waals surface area contributed by atoms with Gasteiger partial charge in [-0.3, -0.25) is 5.73 Å². The topological polar surface area (TPSA) is 75.9 Å². The normalized spacial score (nSPS) is 37.9. The van der Waals surface area contributed by atoms with Crippen molar-refractivity contribution in [3.05, 3.63) is 0 Å². The predicted octanol–water partition coefficient (Wildman–Crippen LogP) is -1.24. The highest BCUT2D eigenvalue weighted by atomic mass is 16.6. The van der Waals surface area contributed by atoms with Gasteiger partial charge in [0.2, 0.25) is 5.72 Å². The zero-order valence-electron chi connectivity index (χ0n) is 3.55. The first-order valence-electron chi connectivity index (χ1n) is 1.81. The number of ether oxygens (including phenoxy) is 1. The molecule has 0 radical (unpaired) electrons. The summed E-state index contributed by atoms with van der Waals surface area (Å²) in [5.41, 5.74) is 3.63. The van der Waals surface area contributed by atoms with E-state index < -0.39 is 11.7 Å². The zero-order valence-corrected chi connectivity index (χ0v) is 3.55. The third-order valence-corrected chi connectivity index (χ3v) is 0.817. The summed E-state index contributed by atoms with van der Waals surface area (Å²) in [6.07, 6.45) is 0. The average Bonchev–Trinajstić information content (AvgIpc) is 2.21. The Morgan fingerprint density at radius 1 is 2.00 bits per heavy atom. The molecule has 1 aliphatic rings. The summed E-state index contributed by atoms with van der Waals surface area (Å²) in [4.78, 5) is 9.83. The van der Waals surface area contributed by atoms with Gasteiger partial charge in [-0.15, -0.1) is 0 Å². The molecule has 3 N–H and O–H groups in total. The van der Waals surface area contributed by atoms with Crippen LogP contribution in [-0.2, 0) is 9.53 Å². The van der Waals surface area contributed by atoms with Crippen molar-refractivity contribution in [3.63, 3.8) is 0 Å². The number of carboxylic acids is 1. The second-order valence-electron chi connectivity index (χ2n) is 1.48. The average molecular weight is 103 g/mol. The van der Waals surface area contributed by atoms with Gasteiger partial charge in [0.15, 0.2) is 0 Å². The molecule has 0 saturated carbocycles. The molecule has 1 heterocycles. The lowest BCUT2D eigenvalue weighted by Crippen LogP contribution is -2.34. The van der Waals surface area contributed by atoms with E-state index in [-0.39, 0.29) is 6.61 Å². The van der Waals surface area contributed by atoms with Gasteiger partial charge in [-0.2, -0.15) is 0 Å². The minimum absolute atomic E-state index is 0.141. The van der Waals surface area contributed by atoms with Gasteiger partial charge >= 0.3 is 5.97 Å². The van der Waals surface area contributed by atoms with Crippen molar-refractivity contribution in [3.8, 4) is 0 Å². The van der Waals surface area contributed by atoms with Crippen LogP contribution in [0.1, 0.15) is 0 Å². The molecule has 4 nitrogen and oxygen atoms in total. The molecular weight excluding hydrogens is 98.0 g/mol. The fraction of sp³-hybridized carbons (Fsp3) is 0.667. The molecule has 1 fully saturated rings. The Hall–Kier alpha value is -0.610. The number of hydrogen-bond acceptors (Lipinski definition) is 3. The van der Waals surface area contributed by atoms with Crippen molar-refractivity contribution in [1.29, 1.82) is 0 Å². The van der Waals surface area contributed by atoms with Crippen LogP contribution in [0.2, 0.25) is 0 Å². The molecule has 1 aliphatic heterocycles. The van der Waals surface area contributed by atoms with Gasteiger partial charge < -0.3 is 9.84 Å². The maximum Gasteiger partial charge on any atom is 0.353 e. The van der Waals surface area contributed by atoms with Gasteiger partial charge in [-0.1, -0.05) is 0 Å². The molecule has 1 rings (SSSR count). The van der Waals surface area contributed by atoms with Crippen molar-refractivity contribution in [2.24, 2.45) is 5.73 Å². The molecule has 0 aromatic carbocycles. The fourth-order valence-electron chi connectivity index (χ4n) is 0.201. The van der Waals surface area contributed by atoms with Crippen LogP contribution in [0, 0.1) is 0 Å². The van der Waals surface area contributed by atoms with Crippen LogP contribution in [0.25, 0.3) is 0 Å². The highest BCUT2D eigenvalue weighted by Crippen LogP contribution is 2.18. The third-order valence-electron chi connectivity index (χ3n) is 0.817. The second kappa shape index (κ2) is 0.962. The number of hydrogen-bond donors (Lipinski definition) is 2. The molecule has 0 bridgehead atoms. The molecule has 0 amide bonds. The summed E-state index contributed by atoms with van der Waals surface area (Å²) < 4.78 is 4.34. The number of aliphatic carboxylic acids is 1. The Morgan fingerprint density at radius 2 is 2.43 bits per heavy atom. The van der Waals surface area contributed by atoms with E-state index in [0.717, 1.165) is 0 Å². The molecular formula is C3H5NO3. The minimum Gasteiger partial charge on any atom is -0.478 e. The van der Waals surface area contributed by atoms with Gasteiger partial charge in [0, 0.05) is 0 Å². The highest BCUT2D eigenvalue weighted by molar-refractivity contribution is 5.79. The third kappa shape index (κ3) is 0.574. The molecule has 40 valence electrons. The molecule has 7 heavy (non-hydrogen) atoms. The first-order valence-corrected chi connectivity index (χ1v) is 1.81. The van der Waals surface area contributed by atoms with E-state index in [0.29, 0.717) is 0 Å². The molecule has 4 heteroatoms. The first-order chi connectivity index (χ1) is 3.15. The molecule has 0 spiro atoms. The van der Waals surface area contributed by atoms with E-state index in [1.54, 1.807) is 0 Å².